The molecule has 1 aromatic rings. The van der Waals surface area contributed by atoms with Crippen LogP contribution in [0.2, 0.25) is 0 Å². The first-order chi connectivity index (χ1) is 8.33. The van der Waals surface area contributed by atoms with Crippen molar-refractivity contribution in [3.63, 3.8) is 0 Å². The number of rotatable bonds is 3. The lowest BCUT2D eigenvalue weighted by atomic mass is 9.89. The van der Waals surface area contributed by atoms with E-state index in [9.17, 15) is 13.2 Å². The summed E-state index contributed by atoms with van der Waals surface area (Å²) in [6, 6.07) is 5.22. The molecule has 0 aromatic heterocycles. The van der Waals surface area contributed by atoms with Crippen molar-refractivity contribution in [2.75, 3.05) is 5.75 Å². The molecule has 0 saturated carbocycles. The van der Waals surface area contributed by atoms with Crippen molar-refractivity contribution >= 4 is 15.8 Å². The predicted octanol–water partition coefficient (Wildman–Crippen LogP) is 1.98. The van der Waals surface area contributed by atoms with Crippen LogP contribution in [0.4, 0.5) is 0 Å². The van der Waals surface area contributed by atoms with Crippen molar-refractivity contribution in [1.29, 1.82) is 0 Å². The molecule has 98 valence electrons. The van der Waals surface area contributed by atoms with E-state index in [1.807, 2.05) is 13.0 Å². The van der Waals surface area contributed by atoms with E-state index in [2.05, 4.69) is 0 Å². The number of hydrogen-bond donors (Lipinski definition) is 1. The van der Waals surface area contributed by atoms with Gasteiger partial charge in [-0.3, -0.25) is 4.79 Å². The van der Waals surface area contributed by atoms with Crippen LogP contribution in [0.15, 0.2) is 23.1 Å². The number of aryl methyl sites for hydroxylation is 1. The zero-order valence-electron chi connectivity index (χ0n) is 10.4. The third-order valence-corrected chi connectivity index (χ3v) is 5.37. The first kappa shape index (κ1) is 13.1. The standard InChI is InChI=1S/C13H16O4S/c1-8-4-3-5-11-12(8)10(7-18(11,16)17)6-9(2)13(14)15/h3-5,9-10H,6-7H2,1-2H3,(H,14,15). The number of fused-ring (bicyclic) bond motifs is 1. The second-order valence-electron chi connectivity index (χ2n) is 4.94. The molecule has 0 amide bonds. The van der Waals surface area contributed by atoms with E-state index in [-0.39, 0.29) is 11.7 Å². The van der Waals surface area contributed by atoms with Gasteiger partial charge in [-0.1, -0.05) is 19.1 Å². The van der Waals surface area contributed by atoms with E-state index in [4.69, 9.17) is 5.11 Å². The minimum Gasteiger partial charge on any atom is -0.481 e. The van der Waals surface area contributed by atoms with Crippen molar-refractivity contribution in [2.24, 2.45) is 5.92 Å². The lowest BCUT2D eigenvalue weighted by molar-refractivity contribution is -0.141. The van der Waals surface area contributed by atoms with Gasteiger partial charge in [0.2, 0.25) is 0 Å². The Bertz CT molecular complexity index is 589. The monoisotopic (exact) mass is 268 g/mol. The maximum Gasteiger partial charge on any atom is 0.306 e. The zero-order chi connectivity index (χ0) is 13.5. The second kappa shape index (κ2) is 4.39. The molecule has 1 N–H and O–H groups in total. The highest BCUT2D eigenvalue weighted by Crippen LogP contribution is 2.40. The van der Waals surface area contributed by atoms with Crippen molar-refractivity contribution in [2.45, 2.75) is 31.1 Å². The molecule has 0 fully saturated rings. The maximum absolute atomic E-state index is 12.0. The van der Waals surface area contributed by atoms with Crippen molar-refractivity contribution in [1.82, 2.24) is 0 Å². The second-order valence-corrected chi connectivity index (χ2v) is 6.94. The number of aliphatic carboxylic acids is 1. The summed E-state index contributed by atoms with van der Waals surface area (Å²) in [7, 11) is -3.24. The summed E-state index contributed by atoms with van der Waals surface area (Å²) in [6.07, 6.45) is 0.367. The highest BCUT2D eigenvalue weighted by Gasteiger charge is 2.37. The van der Waals surface area contributed by atoms with Crippen LogP contribution in [-0.4, -0.2) is 25.2 Å². The molecule has 1 heterocycles. The summed E-state index contributed by atoms with van der Waals surface area (Å²) in [5, 5.41) is 8.94. The third kappa shape index (κ3) is 2.14. The van der Waals surface area contributed by atoms with Crippen molar-refractivity contribution in [3.8, 4) is 0 Å². The maximum atomic E-state index is 12.0. The Morgan fingerprint density at radius 1 is 1.50 bits per heavy atom. The van der Waals surface area contributed by atoms with Gasteiger partial charge in [-0.25, -0.2) is 8.42 Å². The normalized spacial score (nSPS) is 22.4. The summed E-state index contributed by atoms with van der Waals surface area (Å²) >= 11 is 0. The minimum atomic E-state index is -3.24. The van der Waals surface area contributed by atoms with Crippen LogP contribution in [-0.2, 0) is 14.6 Å². The fourth-order valence-corrected chi connectivity index (χ4v) is 4.56. The van der Waals surface area contributed by atoms with E-state index in [1.54, 1.807) is 19.1 Å². The summed E-state index contributed by atoms with van der Waals surface area (Å²) in [5.74, 6) is -1.58. The summed E-state index contributed by atoms with van der Waals surface area (Å²) in [4.78, 5) is 11.3. The molecule has 2 rings (SSSR count). The Balaban J connectivity index is 2.42. The van der Waals surface area contributed by atoms with Gasteiger partial charge in [-0.15, -0.1) is 0 Å². The van der Waals surface area contributed by atoms with E-state index < -0.39 is 21.7 Å². The Hall–Kier alpha value is -1.36. The highest BCUT2D eigenvalue weighted by molar-refractivity contribution is 7.91. The van der Waals surface area contributed by atoms with Gasteiger partial charge in [0.15, 0.2) is 9.84 Å². The minimum absolute atomic E-state index is 0.0325. The largest absolute Gasteiger partial charge is 0.481 e. The Labute approximate surface area is 107 Å². The third-order valence-electron chi connectivity index (χ3n) is 3.51. The van der Waals surface area contributed by atoms with Gasteiger partial charge in [0.1, 0.15) is 0 Å². The van der Waals surface area contributed by atoms with Crippen molar-refractivity contribution < 1.29 is 18.3 Å². The number of hydrogen-bond acceptors (Lipinski definition) is 3. The average molecular weight is 268 g/mol. The molecule has 5 heteroatoms. The lowest BCUT2D eigenvalue weighted by Crippen LogP contribution is -2.15. The highest BCUT2D eigenvalue weighted by atomic mass is 32.2. The molecule has 2 unspecified atom stereocenters. The zero-order valence-corrected chi connectivity index (χ0v) is 11.2. The van der Waals surface area contributed by atoms with Gasteiger partial charge in [0, 0.05) is 5.92 Å². The molecular formula is C13H16O4S. The Morgan fingerprint density at radius 3 is 2.78 bits per heavy atom. The van der Waals surface area contributed by atoms with Gasteiger partial charge in [0.25, 0.3) is 0 Å². The Kier molecular flexibility index (Phi) is 3.19. The van der Waals surface area contributed by atoms with Gasteiger partial charge < -0.3 is 5.11 Å². The van der Waals surface area contributed by atoms with Gasteiger partial charge in [-0.05, 0) is 30.5 Å². The van der Waals surface area contributed by atoms with E-state index in [0.29, 0.717) is 11.3 Å². The number of benzene rings is 1. The molecule has 1 aromatic carbocycles. The molecule has 0 aliphatic carbocycles. The van der Waals surface area contributed by atoms with E-state index in [0.717, 1.165) is 11.1 Å². The van der Waals surface area contributed by atoms with Crippen LogP contribution in [0.25, 0.3) is 0 Å². The SMILES string of the molecule is Cc1cccc2c1C(CC(C)C(=O)O)CS2(=O)=O. The van der Waals surface area contributed by atoms with Gasteiger partial charge in [-0.2, -0.15) is 0 Å². The first-order valence-electron chi connectivity index (χ1n) is 5.88. The molecule has 1 aliphatic rings. The first-order valence-corrected chi connectivity index (χ1v) is 7.53. The molecule has 0 spiro atoms. The van der Waals surface area contributed by atoms with E-state index in [1.165, 1.54) is 0 Å². The van der Waals surface area contributed by atoms with Gasteiger partial charge >= 0.3 is 5.97 Å². The summed E-state index contributed by atoms with van der Waals surface area (Å²) in [6.45, 7) is 3.49. The summed E-state index contributed by atoms with van der Waals surface area (Å²) in [5.41, 5.74) is 1.74. The molecule has 2 atom stereocenters. The Morgan fingerprint density at radius 2 is 2.17 bits per heavy atom. The predicted molar refractivity (Wildman–Crippen MR) is 67.4 cm³/mol. The van der Waals surface area contributed by atoms with Crippen LogP contribution < -0.4 is 0 Å². The van der Waals surface area contributed by atoms with Crippen LogP contribution in [0.3, 0.4) is 0 Å². The average Bonchev–Trinajstić information content (AvgIpc) is 2.51. The van der Waals surface area contributed by atoms with Crippen LogP contribution in [0.5, 0.6) is 0 Å². The fourth-order valence-electron chi connectivity index (χ4n) is 2.60. The lowest BCUT2D eigenvalue weighted by Gasteiger charge is -2.14. The van der Waals surface area contributed by atoms with Crippen LogP contribution in [0, 0.1) is 12.8 Å². The molecule has 0 saturated heterocycles. The van der Waals surface area contributed by atoms with Crippen molar-refractivity contribution in [3.05, 3.63) is 29.3 Å². The number of sulfone groups is 1. The van der Waals surface area contributed by atoms with Crippen LogP contribution >= 0.6 is 0 Å². The summed E-state index contributed by atoms with van der Waals surface area (Å²) < 4.78 is 24.0. The molecule has 1 aliphatic heterocycles. The van der Waals surface area contributed by atoms with Gasteiger partial charge in [0.05, 0.1) is 16.6 Å². The quantitative estimate of drug-likeness (QED) is 0.909. The fraction of sp³-hybridized carbons (Fsp3) is 0.462. The smallest absolute Gasteiger partial charge is 0.306 e. The van der Waals surface area contributed by atoms with Crippen LogP contribution in [0.1, 0.15) is 30.4 Å². The molecule has 0 radical (unpaired) electrons. The van der Waals surface area contributed by atoms with E-state index >= 15 is 0 Å². The number of carbonyl (C=O) groups is 1. The molecule has 18 heavy (non-hydrogen) atoms. The molecule has 4 nitrogen and oxygen atoms in total. The topological polar surface area (TPSA) is 71.4 Å². The number of carboxylic acid groups (broad SMARTS) is 1. The molecular weight excluding hydrogens is 252 g/mol. The number of carboxylic acids is 1. The molecule has 0 bridgehead atoms.